The molecule has 112 valence electrons. The molecule has 3 N–H and O–H groups in total. The second-order valence-electron chi connectivity index (χ2n) is 4.82. The van der Waals surface area contributed by atoms with Gasteiger partial charge in [0.2, 0.25) is 5.91 Å². The molecule has 2 aromatic rings. The molecule has 0 aliphatic rings. The van der Waals surface area contributed by atoms with Crippen LogP contribution in [0, 0.1) is 13.8 Å². The quantitative estimate of drug-likeness (QED) is 0.766. The molecule has 5 nitrogen and oxygen atoms in total. The molecule has 0 aliphatic carbocycles. The monoisotopic (exact) mass is 305 g/mol. The molecule has 0 saturated heterocycles. The minimum absolute atomic E-state index is 0.0282. The number of carbonyl (C=O) groups is 1. The number of hydrogen-bond donors (Lipinski definition) is 3. The number of aromatic nitrogens is 2. The van der Waals surface area contributed by atoms with Gasteiger partial charge in [0.25, 0.3) is 0 Å². The first kappa shape index (κ1) is 15.6. The van der Waals surface area contributed by atoms with Crippen LogP contribution in [-0.2, 0) is 17.2 Å². The fraction of sp³-hybridized carbons (Fsp3) is 0.333. The van der Waals surface area contributed by atoms with Crippen LogP contribution in [0.25, 0.3) is 0 Å². The van der Waals surface area contributed by atoms with Crippen molar-refractivity contribution in [2.75, 3.05) is 11.1 Å². The van der Waals surface area contributed by atoms with E-state index in [0.717, 1.165) is 34.0 Å². The van der Waals surface area contributed by atoms with Crippen molar-refractivity contribution in [1.29, 1.82) is 0 Å². The van der Waals surface area contributed by atoms with Gasteiger partial charge in [-0.1, -0.05) is 24.3 Å². The number of amides is 1. The summed E-state index contributed by atoms with van der Waals surface area (Å²) in [6.07, 6.45) is 0. The van der Waals surface area contributed by atoms with E-state index < -0.39 is 0 Å². The van der Waals surface area contributed by atoms with Crippen molar-refractivity contribution in [2.24, 2.45) is 0 Å². The highest BCUT2D eigenvalue weighted by Gasteiger charge is 2.10. The molecule has 0 spiro atoms. The molecule has 1 aromatic carbocycles. The largest absolute Gasteiger partial charge is 0.392 e. The first-order chi connectivity index (χ1) is 10.1. The summed E-state index contributed by atoms with van der Waals surface area (Å²) in [6, 6.07) is 7.74. The first-order valence-electron chi connectivity index (χ1n) is 6.68. The Balaban J connectivity index is 1.79. The summed E-state index contributed by atoms with van der Waals surface area (Å²) in [6.45, 7) is 3.79. The highest BCUT2D eigenvalue weighted by Crippen LogP contribution is 2.17. The van der Waals surface area contributed by atoms with Crippen molar-refractivity contribution >= 4 is 23.4 Å². The van der Waals surface area contributed by atoms with Crippen molar-refractivity contribution in [3.63, 3.8) is 0 Å². The molecule has 0 fully saturated rings. The standard InChI is InChI=1S/C15H19N3O2S/c1-10-15(11(2)18-17-10)16-14(20)9-21-8-13-5-3-12(7-19)4-6-13/h3-6,19H,7-9H2,1-2H3,(H,16,20)(H,17,18). The minimum Gasteiger partial charge on any atom is -0.392 e. The molecule has 2 rings (SSSR count). The van der Waals surface area contributed by atoms with E-state index in [1.54, 1.807) is 11.8 Å². The summed E-state index contributed by atoms with van der Waals surface area (Å²) < 4.78 is 0. The zero-order valence-corrected chi connectivity index (χ0v) is 13.0. The highest BCUT2D eigenvalue weighted by molar-refractivity contribution is 7.99. The van der Waals surface area contributed by atoms with E-state index in [9.17, 15) is 4.79 Å². The van der Waals surface area contributed by atoms with Crippen LogP contribution in [-0.4, -0.2) is 27.0 Å². The number of nitrogens with one attached hydrogen (secondary N) is 2. The molecule has 6 heteroatoms. The lowest BCUT2D eigenvalue weighted by atomic mass is 10.2. The predicted octanol–water partition coefficient (Wildman–Crippen LogP) is 2.39. The predicted molar refractivity (Wildman–Crippen MR) is 85.2 cm³/mol. The maximum absolute atomic E-state index is 11.9. The molecular weight excluding hydrogens is 286 g/mol. The van der Waals surface area contributed by atoms with Crippen molar-refractivity contribution in [2.45, 2.75) is 26.2 Å². The van der Waals surface area contributed by atoms with Crippen LogP contribution < -0.4 is 5.32 Å². The van der Waals surface area contributed by atoms with Gasteiger partial charge in [-0.05, 0) is 25.0 Å². The number of carbonyl (C=O) groups excluding carboxylic acids is 1. The molecule has 0 atom stereocenters. The van der Waals surface area contributed by atoms with Crippen LogP contribution in [0.4, 0.5) is 5.69 Å². The Morgan fingerprint density at radius 1 is 1.29 bits per heavy atom. The van der Waals surface area contributed by atoms with Gasteiger partial charge in [-0.3, -0.25) is 9.89 Å². The molecule has 0 aliphatic heterocycles. The molecule has 21 heavy (non-hydrogen) atoms. The number of nitrogens with zero attached hydrogens (tertiary/aromatic N) is 1. The lowest BCUT2D eigenvalue weighted by Gasteiger charge is -2.06. The van der Waals surface area contributed by atoms with Gasteiger partial charge >= 0.3 is 0 Å². The van der Waals surface area contributed by atoms with E-state index in [2.05, 4.69) is 15.5 Å². The third-order valence-corrected chi connectivity index (χ3v) is 4.10. The Labute approximate surface area is 128 Å². The fourth-order valence-corrected chi connectivity index (χ4v) is 2.70. The Morgan fingerprint density at radius 2 is 1.95 bits per heavy atom. The smallest absolute Gasteiger partial charge is 0.234 e. The number of aryl methyl sites for hydroxylation is 2. The SMILES string of the molecule is Cc1n[nH]c(C)c1NC(=O)CSCc1ccc(CO)cc1. The Morgan fingerprint density at radius 3 is 2.52 bits per heavy atom. The van der Waals surface area contributed by atoms with Gasteiger partial charge in [0, 0.05) is 5.75 Å². The van der Waals surface area contributed by atoms with Crippen molar-refractivity contribution in [3.8, 4) is 0 Å². The van der Waals surface area contributed by atoms with Crippen molar-refractivity contribution in [1.82, 2.24) is 10.2 Å². The number of rotatable bonds is 6. The Bertz CT molecular complexity index is 588. The fourth-order valence-electron chi connectivity index (χ4n) is 1.91. The number of hydrogen-bond acceptors (Lipinski definition) is 4. The molecule has 1 aromatic heterocycles. The third kappa shape index (κ3) is 4.34. The van der Waals surface area contributed by atoms with Crippen LogP contribution in [0.1, 0.15) is 22.5 Å². The van der Waals surface area contributed by atoms with Gasteiger partial charge in [-0.2, -0.15) is 5.10 Å². The molecule has 0 bridgehead atoms. The first-order valence-corrected chi connectivity index (χ1v) is 7.83. The van der Waals surface area contributed by atoms with E-state index >= 15 is 0 Å². The summed E-state index contributed by atoms with van der Waals surface area (Å²) in [5, 5.41) is 18.7. The second-order valence-corrected chi connectivity index (χ2v) is 5.81. The number of thioether (sulfide) groups is 1. The zero-order valence-electron chi connectivity index (χ0n) is 12.1. The number of anilines is 1. The van der Waals surface area contributed by atoms with Crippen LogP contribution in [0.3, 0.4) is 0 Å². The minimum atomic E-state index is -0.0282. The summed E-state index contributed by atoms with van der Waals surface area (Å²) in [7, 11) is 0. The maximum atomic E-state index is 11.9. The molecule has 0 radical (unpaired) electrons. The Hall–Kier alpha value is -1.79. The van der Waals surface area contributed by atoms with Gasteiger partial charge < -0.3 is 10.4 Å². The van der Waals surface area contributed by atoms with Crippen molar-refractivity contribution in [3.05, 3.63) is 46.8 Å². The summed E-state index contributed by atoms with van der Waals surface area (Å²) in [5.74, 6) is 1.13. The van der Waals surface area contributed by atoms with Crippen LogP contribution >= 0.6 is 11.8 Å². The third-order valence-electron chi connectivity index (χ3n) is 3.10. The summed E-state index contributed by atoms with van der Waals surface area (Å²) in [5.41, 5.74) is 4.47. The summed E-state index contributed by atoms with van der Waals surface area (Å²) in [4.78, 5) is 11.9. The zero-order chi connectivity index (χ0) is 15.2. The summed E-state index contributed by atoms with van der Waals surface area (Å²) >= 11 is 1.56. The van der Waals surface area contributed by atoms with E-state index in [4.69, 9.17) is 5.11 Å². The topological polar surface area (TPSA) is 78.0 Å². The number of benzene rings is 1. The van der Waals surface area contributed by atoms with Crippen LogP contribution in [0.2, 0.25) is 0 Å². The lowest BCUT2D eigenvalue weighted by Crippen LogP contribution is -2.15. The number of H-pyrrole nitrogens is 1. The molecular formula is C15H19N3O2S. The van der Waals surface area contributed by atoms with Gasteiger partial charge in [-0.25, -0.2) is 0 Å². The Kier molecular flexibility index (Phi) is 5.41. The average Bonchev–Trinajstić information content (AvgIpc) is 2.80. The van der Waals surface area contributed by atoms with E-state index in [-0.39, 0.29) is 12.5 Å². The average molecular weight is 305 g/mol. The van der Waals surface area contributed by atoms with E-state index in [1.165, 1.54) is 0 Å². The number of aromatic amines is 1. The molecule has 1 heterocycles. The second kappa shape index (κ2) is 7.28. The normalized spacial score (nSPS) is 10.6. The van der Waals surface area contributed by atoms with E-state index in [1.807, 2.05) is 38.1 Å². The molecule has 0 unspecified atom stereocenters. The van der Waals surface area contributed by atoms with E-state index in [0.29, 0.717) is 5.75 Å². The van der Waals surface area contributed by atoms with Gasteiger partial charge in [0.05, 0.1) is 29.4 Å². The van der Waals surface area contributed by atoms with Gasteiger partial charge in [0.1, 0.15) is 0 Å². The van der Waals surface area contributed by atoms with Crippen LogP contribution in [0.15, 0.2) is 24.3 Å². The lowest BCUT2D eigenvalue weighted by molar-refractivity contribution is -0.113. The molecule has 1 amide bonds. The highest BCUT2D eigenvalue weighted by atomic mass is 32.2. The maximum Gasteiger partial charge on any atom is 0.234 e. The number of aliphatic hydroxyl groups excluding tert-OH is 1. The van der Waals surface area contributed by atoms with Crippen molar-refractivity contribution < 1.29 is 9.90 Å². The molecule has 0 saturated carbocycles. The van der Waals surface area contributed by atoms with Gasteiger partial charge in [-0.15, -0.1) is 11.8 Å². The van der Waals surface area contributed by atoms with Crippen LogP contribution in [0.5, 0.6) is 0 Å². The number of aliphatic hydroxyl groups is 1. The van der Waals surface area contributed by atoms with Gasteiger partial charge in [0.15, 0.2) is 0 Å².